The van der Waals surface area contributed by atoms with Gasteiger partial charge in [-0.3, -0.25) is 19.7 Å². The third kappa shape index (κ3) is 3.71. The van der Waals surface area contributed by atoms with E-state index in [0.717, 1.165) is 23.1 Å². The molecule has 0 aromatic carbocycles. The van der Waals surface area contributed by atoms with Crippen molar-refractivity contribution in [3.63, 3.8) is 0 Å². The summed E-state index contributed by atoms with van der Waals surface area (Å²) in [6.45, 7) is 1.79. The summed E-state index contributed by atoms with van der Waals surface area (Å²) in [5.74, 6) is 0. The smallest absolute Gasteiger partial charge is 0.256 e. The summed E-state index contributed by atoms with van der Waals surface area (Å²) in [7, 11) is -3.54. The molecule has 1 aliphatic heterocycles. The number of hydrogen-bond donors (Lipinski definition) is 1. The monoisotopic (exact) mass is 402 g/mol. The Bertz CT molecular complexity index is 1140. The predicted octanol–water partition coefficient (Wildman–Crippen LogP) is 1.86. The molecule has 0 bridgehead atoms. The molecular formula is C18H18N4O3S2. The van der Waals surface area contributed by atoms with Crippen LogP contribution in [0.5, 0.6) is 0 Å². The van der Waals surface area contributed by atoms with Crippen LogP contribution < -0.4 is 5.56 Å². The van der Waals surface area contributed by atoms with Crippen molar-refractivity contribution in [2.24, 2.45) is 0 Å². The van der Waals surface area contributed by atoms with Crippen LogP contribution in [0.15, 0.2) is 45.1 Å². The molecule has 27 heavy (non-hydrogen) atoms. The second-order valence-corrected chi connectivity index (χ2v) is 9.26. The van der Waals surface area contributed by atoms with Gasteiger partial charge in [0.15, 0.2) is 0 Å². The van der Waals surface area contributed by atoms with Gasteiger partial charge in [-0.2, -0.15) is 11.3 Å². The van der Waals surface area contributed by atoms with Crippen LogP contribution >= 0.6 is 11.3 Å². The fourth-order valence-corrected chi connectivity index (χ4v) is 4.43. The first-order valence-corrected chi connectivity index (χ1v) is 11.3. The average Bonchev–Trinajstić information content (AvgIpc) is 3.16. The molecule has 0 radical (unpaired) electrons. The largest absolute Gasteiger partial charge is 0.297 e. The van der Waals surface area contributed by atoms with Crippen molar-refractivity contribution >= 4 is 21.2 Å². The van der Waals surface area contributed by atoms with E-state index in [0.29, 0.717) is 37.3 Å². The molecule has 1 aliphatic rings. The summed E-state index contributed by atoms with van der Waals surface area (Å²) >= 11 is 1.63. The van der Waals surface area contributed by atoms with E-state index in [-0.39, 0.29) is 10.7 Å². The Labute approximate surface area is 160 Å². The molecule has 140 valence electrons. The molecule has 0 fully saturated rings. The molecule has 4 heterocycles. The van der Waals surface area contributed by atoms with Crippen molar-refractivity contribution in [2.45, 2.75) is 24.7 Å². The Morgan fingerprint density at radius 1 is 1.33 bits per heavy atom. The SMILES string of the molecule is CS(=O)(=O)c1nc2c(c(=O)[nH]1)CN(Cc1cccnc1-c1ccsc1)CC2. The van der Waals surface area contributed by atoms with Crippen molar-refractivity contribution in [1.29, 1.82) is 0 Å². The van der Waals surface area contributed by atoms with E-state index in [1.54, 1.807) is 17.5 Å². The van der Waals surface area contributed by atoms with Crippen molar-refractivity contribution < 1.29 is 8.42 Å². The minimum absolute atomic E-state index is 0.258. The van der Waals surface area contributed by atoms with Crippen molar-refractivity contribution in [2.75, 3.05) is 12.8 Å². The molecule has 0 spiro atoms. The fraction of sp³-hybridized carbons (Fsp3) is 0.278. The number of pyridine rings is 1. The molecule has 0 amide bonds. The number of fused-ring (bicyclic) bond motifs is 1. The lowest BCUT2D eigenvalue weighted by Crippen LogP contribution is -2.36. The van der Waals surface area contributed by atoms with Crippen molar-refractivity contribution in [3.8, 4) is 11.3 Å². The molecule has 1 N–H and O–H groups in total. The van der Waals surface area contributed by atoms with Gasteiger partial charge in [-0.25, -0.2) is 13.4 Å². The summed E-state index contributed by atoms with van der Waals surface area (Å²) in [5.41, 5.74) is 3.86. The zero-order valence-electron chi connectivity index (χ0n) is 14.7. The fourth-order valence-electron chi connectivity index (χ4n) is 3.23. The number of aromatic amines is 1. The van der Waals surface area contributed by atoms with E-state index in [1.165, 1.54) is 0 Å². The molecule has 4 rings (SSSR count). The number of sulfone groups is 1. The van der Waals surface area contributed by atoms with Gasteiger partial charge in [0.05, 0.1) is 17.0 Å². The van der Waals surface area contributed by atoms with E-state index in [4.69, 9.17) is 0 Å². The molecule has 0 atom stereocenters. The van der Waals surface area contributed by atoms with Gasteiger partial charge in [0.25, 0.3) is 5.56 Å². The Morgan fingerprint density at radius 3 is 2.93 bits per heavy atom. The van der Waals surface area contributed by atoms with Gasteiger partial charge >= 0.3 is 0 Å². The first-order chi connectivity index (χ1) is 12.9. The number of rotatable bonds is 4. The summed E-state index contributed by atoms with van der Waals surface area (Å²) in [4.78, 5) is 25.6. The van der Waals surface area contributed by atoms with E-state index >= 15 is 0 Å². The zero-order chi connectivity index (χ0) is 19.0. The minimum Gasteiger partial charge on any atom is -0.297 e. The molecule has 0 saturated heterocycles. The molecule has 3 aromatic rings. The lowest BCUT2D eigenvalue weighted by Gasteiger charge is -2.28. The lowest BCUT2D eigenvalue weighted by molar-refractivity contribution is 0.241. The molecule has 9 heteroatoms. The van der Waals surface area contributed by atoms with Gasteiger partial charge in [-0.15, -0.1) is 0 Å². The highest BCUT2D eigenvalue weighted by atomic mass is 32.2. The summed E-state index contributed by atoms with van der Waals surface area (Å²) < 4.78 is 23.4. The van der Waals surface area contributed by atoms with E-state index < -0.39 is 9.84 Å². The maximum atomic E-state index is 12.4. The van der Waals surface area contributed by atoms with Crippen LogP contribution in [0.25, 0.3) is 11.3 Å². The molecule has 3 aromatic heterocycles. The quantitative estimate of drug-likeness (QED) is 0.669. The number of aromatic nitrogens is 3. The first-order valence-electron chi connectivity index (χ1n) is 8.43. The third-order valence-electron chi connectivity index (χ3n) is 4.56. The maximum Gasteiger partial charge on any atom is 0.256 e. The molecular weight excluding hydrogens is 384 g/mol. The minimum atomic E-state index is -3.54. The van der Waals surface area contributed by atoms with Gasteiger partial charge in [-0.05, 0) is 23.1 Å². The number of nitrogens with zero attached hydrogens (tertiary/aromatic N) is 3. The molecule has 7 nitrogen and oxygen atoms in total. The van der Waals surface area contributed by atoms with Crippen LogP contribution in [-0.4, -0.2) is 41.1 Å². The molecule has 0 unspecified atom stereocenters. The van der Waals surface area contributed by atoms with Crippen LogP contribution in [-0.2, 0) is 29.3 Å². The van der Waals surface area contributed by atoms with Crippen LogP contribution in [0, 0.1) is 0 Å². The highest BCUT2D eigenvalue weighted by Gasteiger charge is 2.24. The second-order valence-electron chi connectivity index (χ2n) is 6.55. The van der Waals surface area contributed by atoms with Gasteiger partial charge in [0.1, 0.15) is 0 Å². The topological polar surface area (TPSA) is 96.0 Å². The predicted molar refractivity (Wildman–Crippen MR) is 103 cm³/mol. The number of hydrogen-bond acceptors (Lipinski definition) is 7. The third-order valence-corrected chi connectivity index (χ3v) is 6.14. The highest BCUT2D eigenvalue weighted by Crippen LogP contribution is 2.26. The van der Waals surface area contributed by atoms with Gasteiger partial charge in [0.2, 0.25) is 15.0 Å². The summed E-state index contributed by atoms with van der Waals surface area (Å²) in [5, 5.41) is 3.83. The summed E-state index contributed by atoms with van der Waals surface area (Å²) in [6, 6.07) is 6.00. The number of H-pyrrole nitrogens is 1. The van der Waals surface area contributed by atoms with Crippen molar-refractivity contribution in [3.05, 3.63) is 62.3 Å². The second kappa shape index (κ2) is 6.99. The van der Waals surface area contributed by atoms with Gasteiger partial charge < -0.3 is 0 Å². The van der Waals surface area contributed by atoms with Gasteiger partial charge in [-0.1, -0.05) is 6.07 Å². The number of thiophene rings is 1. The van der Waals surface area contributed by atoms with E-state index in [1.807, 2.05) is 23.6 Å². The first kappa shape index (κ1) is 18.0. The summed E-state index contributed by atoms with van der Waals surface area (Å²) in [6.07, 6.45) is 3.36. The van der Waals surface area contributed by atoms with Crippen LogP contribution in [0.4, 0.5) is 0 Å². The highest BCUT2D eigenvalue weighted by molar-refractivity contribution is 7.90. The van der Waals surface area contributed by atoms with Crippen LogP contribution in [0.2, 0.25) is 0 Å². The lowest BCUT2D eigenvalue weighted by atomic mass is 10.0. The average molecular weight is 403 g/mol. The number of nitrogens with one attached hydrogen (secondary N) is 1. The zero-order valence-corrected chi connectivity index (χ0v) is 16.3. The maximum absolute atomic E-state index is 12.4. The van der Waals surface area contributed by atoms with Crippen LogP contribution in [0.3, 0.4) is 0 Å². The normalized spacial score (nSPS) is 14.9. The van der Waals surface area contributed by atoms with E-state index in [9.17, 15) is 13.2 Å². The van der Waals surface area contributed by atoms with E-state index in [2.05, 4.69) is 25.2 Å². The Hall–Kier alpha value is -2.36. The van der Waals surface area contributed by atoms with Crippen molar-refractivity contribution in [1.82, 2.24) is 19.9 Å². The van der Waals surface area contributed by atoms with Crippen LogP contribution in [0.1, 0.15) is 16.8 Å². The Balaban J connectivity index is 1.61. The Kier molecular flexibility index (Phi) is 4.67. The Morgan fingerprint density at radius 2 is 2.19 bits per heavy atom. The van der Waals surface area contributed by atoms with Gasteiger partial charge in [0, 0.05) is 49.5 Å². The molecule has 0 aliphatic carbocycles. The standard InChI is InChI=1S/C18H18N4O3S2/c1-27(24,25)18-20-15-4-7-22(10-14(15)17(23)21-18)9-12-3-2-6-19-16(12)13-5-8-26-11-13/h2-3,5-6,8,11H,4,7,9-10H2,1H3,(H,20,21,23). The molecule has 0 saturated carbocycles.